The van der Waals surface area contributed by atoms with Crippen LogP contribution in [0.1, 0.15) is 77.6 Å². The molecule has 0 aliphatic carbocycles. The molecule has 3 saturated heterocycles. The summed E-state index contributed by atoms with van der Waals surface area (Å²) in [6.07, 6.45) is 3.00. The van der Waals surface area contributed by atoms with Gasteiger partial charge in [-0.3, -0.25) is 33.8 Å². The molecule has 53 heavy (non-hydrogen) atoms. The number of carboxylic acid groups (broad SMARTS) is 1. The second-order valence-electron chi connectivity index (χ2n) is 13.8. The molecule has 0 aromatic heterocycles. The number of rotatable bonds is 19. The van der Waals surface area contributed by atoms with Crippen molar-refractivity contribution in [3.05, 3.63) is 0 Å². The molecular formula is C33H57N11O9. The molecule has 20 nitrogen and oxygen atoms in total. The fourth-order valence-electron chi connectivity index (χ4n) is 6.98. The number of hydrogen-bond donors (Lipinski definition) is 9. The van der Waals surface area contributed by atoms with Gasteiger partial charge in [0.05, 0.1) is 12.6 Å². The SMILES string of the molecule is CC(O)C(N)C(=O)NC(CCCCN)C(=O)N1CCCC1C(=O)NC(CCCN=C(N)N)C(=O)N1CCCC1C(=O)NCC(=O)N1CCCC1C(=O)O. The van der Waals surface area contributed by atoms with Crippen LogP contribution in [0, 0.1) is 0 Å². The van der Waals surface area contributed by atoms with Crippen molar-refractivity contribution in [1.29, 1.82) is 0 Å². The zero-order valence-corrected chi connectivity index (χ0v) is 30.4. The number of hydrogen-bond acceptors (Lipinski definition) is 11. The summed E-state index contributed by atoms with van der Waals surface area (Å²) in [4.78, 5) is 99.9. The van der Waals surface area contributed by atoms with Gasteiger partial charge in [0.2, 0.25) is 35.4 Å². The number of nitrogens with zero attached hydrogens (tertiary/aromatic N) is 4. The quantitative estimate of drug-likeness (QED) is 0.0346. The van der Waals surface area contributed by atoms with Crippen LogP contribution in [0.15, 0.2) is 4.99 Å². The Kier molecular flexibility index (Phi) is 16.7. The van der Waals surface area contributed by atoms with Crippen molar-refractivity contribution >= 4 is 47.4 Å². The van der Waals surface area contributed by atoms with Crippen molar-refractivity contribution in [2.45, 2.75) is 120 Å². The number of aliphatic hydroxyl groups excluding tert-OH is 1. The van der Waals surface area contributed by atoms with Crippen LogP contribution in [0.25, 0.3) is 0 Å². The highest BCUT2D eigenvalue weighted by atomic mass is 16.4. The van der Waals surface area contributed by atoms with Crippen molar-refractivity contribution in [2.24, 2.45) is 27.9 Å². The monoisotopic (exact) mass is 751 g/mol. The van der Waals surface area contributed by atoms with E-state index in [1.54, 1.807) is 0 Å². The molecule has 0 bridgehead atoms. The second-order valence-corrected chi connectivity index (χ2v) is 13.8. The molecule has 3 fully saturated rings. The summed E-state index contributed by atoms with van der Waals surface area (Å²) < 4.78 is 0. The van der Waals surface area contributed by atoms with Gasteiger partial charge in [-0.2, -0.15) is 0 Å². The Balaban J connectivity index is 1.73. The number of likely N-dealkylation sites (tertiary alicyclic amines) is 3. The van der Waals surface area contributed by atoms with E-state index >= 15 is 0 Å². The zero-order valence-electron chi connectivity index (χ0n) is 30.4. The lowest BCUT2D eigenvalue weighted by Gasteiger charge is -2.32. The number of aliphatic imine (C=N–C) groups is 1. The molecule has 298 valence electrons. The van der Waals surface area contributed by atoms with Crippen molar-refractivity contribution in [3.8, 4) is 0 Å². The molecule has 0 aromatic rings. The van der Waals surface area contributed by atoms with E-state index in [1.165, 1.54) is 21.6 Å². The van der Waals surface area contributed by atoms with Crippen LogP contribution < -0.4 is 38.9 Å². The average Bonchev–Trinajstić information content (AvgIpc) is 3.91. The number of amides is 6. The molecule has 6 amide bonds. The van der Waals surface area contributed by atoms with Crippen LogP contribution in [0.2, 0.25) is 0 Å². The maximum absolute atomic E-state index is 14.0. The molecule has 3 heterocycles. The Bertz CT molecular complexity index is 1360. The minimum atomic E-state index is -1.27. The predicted molar refractivity (Wildman–Crippen MR) is 191 cm³/mol. The molecule has 7 unspecified atom stereocenters. The molecule has 13 N–H and O–H groups in total. The van der Waals surface area contributed by atoms with Crippen molar-refractivity contribution < 1.29 is 43.8 Å². The van der Waals surface area contributed by atoms with E-state index < -0.39 is 90.3 Å². The number of carboxylic acids is 1. The summed E-state index contributed by atoms with van der Waals surface area (Å²) >= 11 is 0. The van der Waals surface area contributed by atoms with Gasteiger partial charge in [0.15, 0.2) is 5.96 Å². The van der Waals surface area contributed by atoms with Crippen LogP contribution in [-0.2, 0) is 33.6 Å². The number of unbranched alkanes of at least 4 members (excludes halogenated alkanes) is 1. The smallest absolute Gasteiger partial charge is 0.326 e. The highest BCUT2D eigenvalue weighted by Crippen LogP contribution is 2.23. The van der Waals surface area contributed by atoms with Gasteiger partial charge < -0.3 is 63.8 Å². The lowest BCUT2D eigenvalue weighted by Crippen LogP contribution is -2.59. The highest BCUT2D eigenvalue weighted by molar-refractivity contribution is 5.97. The number of aliphatic carboxylic acids is 1. The number of guanidine groups is 1. The lowest BCUT2D eigenvalue weighted by molar-refractivity contribution is -0.148. The van der Waals surface area contributed by atoms with Crippen LogP contribution in [0.5, 0.6) is 0 Å². The van der Waals surface area contributed by atoms with E-state index in [9.17, 15) is 43.8 Å². The summed E-state index contributed by atoms with van der Waals surface area (Å²) in [6, 6.07) is -6.26. The molecule has 3 aliphatic heterocycles. The van der Waals surface area contributed by atoms with E-state index in [0.29, 0.717) is 64.3 Å². The van der Waals surface area contributed by atoms with Gasteiger partial charge >= 0.3 is 5.97 Å². The third-order valence-corrected chi connectivity index (χ3v) is 9.89. The predicted octanol–water partition coefficient (Wildman–Crippen LogP) is -3.98. The Morgan fingerprint density at radius 1 is 0.774 bits per heavy atom. The molecule has 0 radical (unpaired) electrons. The van der Waals surface area contributed by atoms with Crippen LogP contribution in [0.3, 0.4) is 0 Å². The minimum Gasteiger partial charge on any atom is -0.480 e. The average molecular weight is 752 g/mol. The number of carbonyl (C=O) groups is 7. The first-order valence-electron chi connectivity index (χ1n) is 18.4. The molecule has 0 aromatic carbocycles. The fraction of sp³-hybridized carbons (Fsp3) is 0.758. The van der Waals surface area contributed by atoms with Crippen LogP contribution in [0.4, 0.5) is 0 Å². The Morgan fingerprint density at radius 2 is 1.30 bits per heavy atom. The van der Waals surface area contributed by atoms with Crippen molar-refractivity contribution in [2.75, 3.05) is 39.3 Å². The molecule has 7 atom stereocenters. The van der Waals surface area contributed by atoms with E-state index in [1.807, 2.05) is 0 Å². The molecule has 0 saturated carbocycles. The van der Waals surface area contributed by atoms with Gasteiger partial charge in [-0.15, -0.1) is 0 Å². The number of carbonyl (C=O) groups excluding carboxylic acids is 6. The Hall–Kier alpha value is -4.56. The van der Waals surface area contributed by atoms with Gasteiger partial charge in [0, 0.05) is 26.2 Å². The number of nitrogens with two attached hydrogens (primary N) is 4. The highest BCUT2D eigenvalue weighted by Gasteiger charge is 2.42. The summed E-state index contributed by atoms with van der Waals surface area (Å²) in [6.45, 7) is 2.18. The van der Waals surface area contributed by atoms with Gasteiger partial charge in [0.25, 0.3) is 0 Å². The third kappa shape index (κ3) is 12.0. The van der Waals surface area contributed by atoms with Gasteiger partial charge in [-0.1, -0.05) is 0 Å². The molecule has 0 spiro atoms. The number of aliphatic hydroxyl groups is 1. The molecule has 3 aliphatic rings. The largest absolute Gasteiger partial charge is 0.480 e. The second kappa shape index (κ2) is 20.6. The third-order valence-electron chi connectivity index (χ3n) is 9.89. The first kappa shape index (κ1) is 42.8. The maximum Gasteiger partial charge on any atom is 0.326 e. The number of nitrogens with one attached hydrogen (secondary N) is 3. The zero-order chi connectivity index (χ0) is 39.2. The summed E-state index contributed by atoms with van der Waals surface area (Å²) in [5, 5.41) is 27.2. The minimum absolute atomic E-state index is 0.103. The topological polar surface area (TPSA) is 322 Å². The molecular weight excluding hydrogens is 694 g/mol. The standard InChI is InChI=1S/C33H57N11O9/c1-19(45)26(35)29(49)41-20(8-2-3-13-34)30(50)44-17-6-11-23(44)28(48)40-21(9-4-14-38-33(36)37)31(51)43-16-5-10-22(43)27(47)39-18-25(46)42-15-7-12-24(42)32(52)53/h19-24,26,45H,2-18,34-35H2,1H3,(H,39,47)(H,40,48)(H,41,49)(H,52,53)(H4,36,37,38). The first-order valence-corrected chi connectivity index (χ1v) is 18.4. The Morgan fingerprint density at radius 3 is 1.85 bits per heavy atom. The van der Waals surface area contributed by atoms with Crippen LogP contribution >= 0.6 is 0 Å². The summed E-state index contributed by atoms with van der Waals surface area (Å²) in [7, 11) is 0. The lowest BCUT2D eigenvalue weighted by atomic mass is 10.0. The molecule has 3 rings (SSSR count). The van der Waals surface area contributed by atoms with Gasteiger partial charge in [-0.25, -0.2) is 4.79 Å². The van der Waals surface area contributed by atoms with Crippen LogP contribution in [-0.4, -0.2) is 154 Å². The fourth-order valence-corrected chi connectivity index (χ4v) is 6.98. The normalized spacial score (nSPS) is 22.0. The maximum atomic E-state index is 14.0. The van der Waals surface area contributed by atoms with E-state index in [0.717, 1.165) is 0 Å². The van der Waals surface area contributed by atoms with Gasteiger partial charge in [0.1, 0.15) is 36.3 Å². The summed E-state index contributed by atoms with van der Waals surface area (Å²) in [5.74, 6) is -4.71. The van der Waals surface area contributed by atoms with E-state index in [4.69, 9.17) is 22.9 Å². The first-order chi connectivity index (χ1) is 25.2. The Labute approximate surface area is 308 Å². The van der Waals surface area contributed by atoms with E-state index in [2.05, 4.69) is 20.9 Å². The van der Waals surface area contributed by atoms with Crippen molar-refractivity contribution in [3.63, 3.8) is 0 Å². The van der Waals surface area contributed by atoms with Gasteiger partial charge in [-0.05, 0) is 84.1 Å². The van der Waals surface area contributed by atoms with E-state index in [-0.39, 0.29) is 45.0 Å². The summed E-state index contributed by atoms with van der Waals surface area (Å²) in [5.41, 5.74) is 22.3. The molecule has 20 heteroatoms. The van der Waals surface area contributed by atoms with Crippen molar-refractivity contribution in [1.82, 2.24) is 30.7 Å².